The fourth-order valence-electron chi connectivity index (χ4n) is 17.4. The predicted molar refractivity (Wildman–Crippen MR) is 516 cm³/mol. The second-order valence-electron chi connectivity index (χ2n) is 48.9. The average molecular weight is 2090 g/mol. The Morgan fingerprint density at radius 1 is 0.386 bits per heavy atom. The van der Waals surface area contributed by atoms with Gasteiger partial charge in [-0.1, -0.05) is 103 Å². The zero-order valence-electron chi connectivity index (χ0n) is 93.0. The number of nitriles is 1. The molecule has 6 aliphatic heterocycles. The van der Waals surface area contributed by atoms with Gasteiger partial charge in [0.15, 0.2) is 72.0 Å². The summed E-state index contributed by atoms with van der Waals surface area (Å²) >= 11 is 0. The lowest BCUT2D eigenvalue weighted by Crippen LogP contribution is -2.42. The maximum absolute atomic E-state index is 12.4. The number of ether oxygens (including phenoxy) is 16. The maximum atomic E-state index is 12.4. The SMILES string of the molecule is CCC(C)(C)C(=O)OC(C)C(F)(F)F.CCC(C)(C)C(=O)OC(C)C(F)(F)F.CCC(C)(C)C(=O)OC(C)C(F)(F)F.CCC(C)(C)C(=O)OC1C(=O)C[C@@H]2[C@H]3OC4(CCCCC4)O[C@H]3O[C@H]12.CCC(C)(C)C(=O)OC1C(=O)OC2C3OC(C)(C)OC3OC12.CCC(C)(C)C(=O)OC1C2CC3C1OC(=O)C3(C#N)C2.CCC(C)(C)C(=O)OC1CCC(C(C)(C)C)CC1.CCC(C)(C)C(=O)OC1CCC(C(C)(C)C)CC1. The number of Topliss-reactive ketones (excluding diaryl/α,β-unsaturated/α-hetero) is 1. The van der Waals surface area contributed by atoms with E-state index in [1.54, 1.807) is 90.0 Å². The molecule has 0 radical (unpaired) electrons. The number of alkyl halides is 9. The second kappa shape index (κ2) is 49.6. The molecule has 18 atom stereocenters. The van der Waals surface area contributed by atoms with Crippen molar-refractivity contribution in [2.75, 3.05) is 0 Å². The highest BCUT2D eigenvalue weighted by Gasteiger charge is 2.73. The van der Waals surface area contributed by atoms with Crippen LogP contribution in [0.15, 0.2) is 0 Å². The minimum absolute atomic E-state index is 0.0239. The number of esters is 10. The number of fused-ring (bicyclic) bond motifs is 7. The molecule has 12 fully saturated rings. The van der Waals surface area contributed by atoms with Gasteiger partial charge >= 0.3 is 78.2 Å². The maximum Gasteiger partial charge on any atom is 0.425 e. The smallest absolute Gasteiger partial charge is 0.425 e. The third kappa shape index (κ3) is 33.5. The highest BCUT2D eigenvalue weighted by atomic mass is 19.4. The summed E-state index contributed by atoms with van der Waals surface area (Å²) in [4.78, 5) is 131. The number of hydrogen-bond acceptors (Lipinski definition) is 28. The number of carbonyl (C=O) groups excluding carboxylic acids is 11. The van der Waals surface area contributed by atoms with E-state index in [1.165, 1.54) is 32.1 Å². The van der Waals surface area contributed by atoms with Crippen molar-refractivity contribution in [3.05, 3.63) is 0 Å². The van der Waals surface area contributed by atoms with E-state index < -0.39 is 177 Å². The Kier molecular flexibility index (Phi) is 43.9. The summed E-state index contributed by atoms with van der Waals surface area (Å²) in [6.45, 7) is 63.0. The van der Waals surface area contributed by atoms with Gasteiger partial charge in [-0.2, -0.15) is 44.8 Å². The van der Waals surface area contributed by atoms with Crippen molar-refractivity contribution in [3.63, 3.8) is 0 Å². The molecular formula is C108H174F9NO27. The molecule has 2 bridgehead atoms. The monoisotopic (exact) mass is 2090 g/mol. The van der Waals surface area contributed by atoms with E-state index in [2.05, 4.69) is 61.8 Å². The van der Waals surface area contributed by atoms with Crippen LogP contribution in [0.3, 0.4) is 0 Å². The standard InChI is InChI=1S/C19H28O6.2C16H30O2.C15H19NO4.C15H22O7.3C9H15F3O2/c1-4-18(2,3)17(21)23-15-12(20)10-11-13(15)22-16-14(11)24-19(25-16)8-6-5-7-9-19;2*1-7-16(5,6)14(17)18-13-10-8-12(9-11-13)15(2,3)4;1-4-14(2,3)12(17)19-10-8-5-9-11(10)20-13(18)15(9,6-8)7-16;1-6-14(2,3)13(17)20-9-7-8(18-11(9)16)10-12(19-7)22-15(4,5)21-10;3*1-5-8(3,4)7(13)14-6(2)9(10,11)12/h11,13-16H,4-10H2,1-3H3;2*12-13H,7-11H2,1-6H3;8-11H,4-6H2,1-3H3;7-10,12H,6H2,1-5H3;3*6H,5H2,1-4H3/t11-,13-,14+,15?,16+;;;;;;;/m0......./s1. The molecule has 1 spiro atoms. The third-order valence-corrected chi connectivity index (χ3v) is 32.1. The van der Waals surface area contributed by atoms with Gasteiger partial charge in [-0.3, -0.25) is 47.9 Å². The summed E-state index contributed by atoms with van der Waals surface area (Å²) in [6, 6.07) is 2.15. The molecule has 6 heterocycles. The van der Waals surface area contributed by atoms with Crippen molar-refractivity contribution in [2.24, 2.45) is 89.2 Å². The number of ketones is 1. The van der Waals surface area contributed by atoms with E-state index in [0.717, 1.165) is 103 Å². The van der Waals surface area contributed by atoms with Gasteiger partial charge in [0.25, 0.3) is 0 Å². The Balaban J connectivity index is 0.000000294. The van der Waals surface area contributed by atoms with Crippen LogP contribution in [0, 0.1) is 100 Å². The van der Waals surface area contributed by atoms with Crippen molar-refractivity contribution >= 4 is 65.5 Å². The minimum Gasteiger partial charge on any atom is -0.462 e. The molecule has 6 saturated carbocycles. The summed E-state index contributed by atoms with van der Waals surface area (Å²) < 4.78 is 195. The molecule has 0 aromatic rings. The van der Waals surface area contributed by atoms with E-state index in [4.69, 9.17) is 61.6 Å². The number of nitrogens with zero attached hydrogens (tertiary/aromatic N) is 1. The summed E-state index contributed by atoms with van der Waals surface area (Å²) in [5.74, 6) is -4.50. The van der Waals surface area contributed by atoms with Gasteiger partial charge in [-0.25, -0.2) is 4.79 Å². The highest BCUT2D eigenvalue weighted by Crippen LogP contribution is 2.63. The number of hydrogen-bond donors (Lipinski definition) is 0. The van der Waals surface area contributed by atoms with E-state index in [1.807, 2.05) is 90.0 Å². The first-order chi connectivity index (χ1) is 66.0. The Labute approximate surface area is 854 Å². The molecule has 6 saturated heterocycles. The molecule has 836 valence electrons. The molecule has 12 aliphatic rings. The number of carbonyl (C=O) groups is 11. The van der Waals surface area contributed by atoms with Gasteiger partial charge < -0.3 is 75.8 Å². The molecule has 37 heteroatoms. The topological polar surface area (TPSA) is 359 Å². The van der Waals surface area contributed by atoms with Gasteiger partial charge in [0.2, 0.25) is 6.10 Å². The molecule has 28 nitrogen and oxygen atoms in total. The molecule has 0 N–H and O–H groups in total. The van der Waals surface area contributed by atoms with Crippen LogP contribution in [0.2, 0.25) is 0 Å². The molecular weight excluding hydrogens is 1910 g/mol. The summed E-state index contributed by atoms with van der Waals surface area (Å²) in [5.41, 5.74) is -5.25. The minimum atomic E-state index is -4.49. The summed E-state index contributed by atoms with van der Waals surface area (Å²) in [7, 11) is 0. The third-order valence-electron chi connectivity index (χ3n) is 32.1. The van der Waals surface area contributed by atoms with Crippen LogP contribution in [-0.2, 0) is 129 Å². The second-order valence-corrected chi connectivity index (χ2v) is 48.9. The van der Waals surface area contributed by atoms with Crippen LogP contribution >= 0.6 is 0 Å². The van der Waals surface area contributed by atoms with Crippen LogP contribution in [-0.4, -0.2) is 194 Å². The first kappa shape index (κ1) is 128. The fraction of sp³-hybridized carbons (Fsp3) is 0.889. The Hall–Kier alpha value is -7.01. The quantitative estimate of drug-likeness (QED) is 0.0492. The fourth-order valence-corrected chi connectivity index (χ4v) is 17.4. The van der Waals surface area contributed by atoms with E-state index in [9.17, 15) is 97.5 Å². The van der Waals surface area contributed by atoms with Crippen molar-refractivity contribution in [2.45, 2.75) is 525 Å². The Morgan fingerprint density at radius 3 is 1.06 bits per heavy atom. The highest BCUT2D eigenvalue weighted by molar-refractivity contribution is 5.90. The Morgan fingerprint density at radius 2 is 0.717 bits per heavy atom. The van der Waals surface area contributed by atoms with Crippen molar-refractivity contribution in [1.82, 2.24) is 0 Å². The van der Waals surface area contributed by atoms with Crippen molar-refractivity contribution in [3.8, 4) is 6.07 Å². The van der Waals surface area contributed by atoms with Crippen LogP contribution in [0.25, 0.3) is 0 Å². The van der Waals surface area contributed by atoms with Gasteiger partial charge in [0, 0.05) is 37.0 Å². The number of halogens is 9. The van der Waals surface area contributed by atoms with E-state index in [0.29, 0.717) is 62.2 Å². The van der Waals surface area contributed by atoms with Crippen molar-refractivity contribution in [1.29, 1.82) is 5.26 Å². The van der Waals surface area contributed by atoms with Gasteiger partial charge in [0.1, 0.15) is 42.7 Å². The molecule has 145 heavy (non-hydrogen) atoms. The van der Waals surface area contributed by atoms with E-state index >= 15 is 0 Å². The molecule has 0 aromatic carbocycles. The number of rotatable bonds is 24. The molecule has 0 aromatic heterocycles. The Bertz CT molecular complexity index is 4200. The zero-order chi connectivity index (χ0) is 111. The molecule has 14 unspecified atom stereocenters. The first-order valence-electron chi connectivity index (χ1n) is 52.3. The van der Waals surface area contributed by atoms with E-state index in [-0.39, 0.29) is 82.7 Å². The predicted octanol–water partition coefficient (Wildman–Crippen LogP) is 23.6. The van der Waals surface area contributed by atoms with Crippen molar-refractivity contribution < 1.29 is 168 Å². The summed E-state index contributed by atoms with van der Waals surface area (Å²) in [6.07, 6.45) is -4.91. The lowest BCUT2D eigenvalue weighted by atomic mass is 9.72. The molecule has 6 aliphatic carbocycles. The first-order valence-corrected chi connectivity index (χ1v) is 52.3. The van der Waals surface area contributed by atoms with Crippen LogP contribution in [0.1, 0.15) is 396 Å². The average Bonchev–Trinajstić information content (AvgIpc) is 1.53. The largest absolute Gasteiger partial charge is 0.462 e. The van der Waals surface area contributed by atoms with Gasteiger partial charge in [-0.15, -0.1) is 0 Å². The lowest BCUT2D eigenvalue weighted by Gasteiger charge is -2.37. The normalized spacial score (nSPS) is 29.3. The van der Waals surface area contributed by atoms with Gasteiger partial charge in [-0.05, 0) is 296 Å². The van der Waals surface area contributed by atoms with Crippen LogP contribution in [0.4, 0.5) is 39.5 Å². The lowest BCUT2D eigenvalue weighted by molar-refractivity contribution is -0.246. The zero-order valence-corrected chi connectivity index (χ0v) is 93.0. The molecule has 0 amide bonds. The van der Waals surface area contributed by atoms with Crippen LogP contribution < -0.4 is 0 Å². The molecule has 12 rings (SSSR count). The van der Waals surface area contributed by atoms with Crippen LogP contribution in [0.5, 0.6) is 0 Å². The van der Waals surface area contributed by atoms with Gasteiger partial charge in [0.05, 0.1) is 49.4 Å². The summed E-state index contributed by atoms with van der Waals surface area (Å²) in [5, 5.41) is 9.31.